The maximum absolute atomic E-state index is 9.64. The van der Waals surface area contributed by atoms with Gasteiger partial charge in [-0.25, -0.2) is 0 Å². The van der Waals surface area contributed by atoms with E-state index < -0.39 is 6.10 Å². The Balaban J connectivity index is 2.21. The molecule has 3 nitrogen and oxygen atoms in total. The van der Waals surface area contributed by atoms with E-state index in [1.807, 2.05) is 24.3 Å². The van der Waals surface area contributed by atoms with Crippen LogP contribution in [0.2, 0.25) is 0 Å². The highest BCUT2D eigenvalue weighted by Gasteiger charge is 2.38. The van der Waals surface area contributed by atoms with Gasteiger partial charge in [-0.15, -0.1) is 0 Å². The Bertz CT molecular complexity index is 347. The van der Waals surface area contributed by atoms with Crippen molar-refractivity contribution in [1.82, 2.24) is 0 Å². The van der Waals surface area contributed by atoms with E-state index in [9.17, 15) is 5.11 Å². The maximum Gasteiger partial charge on any atom is 0.102 e. The molecule has 0 heterocycles. The summed E-state index contributed by atoms with van der Waals surface area (Å²) in [6.45, 7) is -0.241. The number of rotatable bonds is 4. The van der Waals surface area contributed by atoms with E-state index in [2.05, 4.69) is 0 Å². The first-order valence-electron chi connectivity index (χ1n) is 5.30. The van der Waals surface area contributed by atoms with Gasteiger partial charge in [0.15, 0.2) is 0 Å². The van der Waals surface area contributed by atoms with Crippen LogP contribution in [0, 0.1) is 0 Å². The Labute approximate surface area is 89.5 Å². The third-order valence-electron chi connectivity index (χ3n) is 3.02. The minimum atomic E-state index is -0.788. The first kappa shape index (κ1) is 10.6. The second-order valence-corrected chi connectivity index (χ2v) is 4.44. The summed E-state index contributed by atoms with van der Waals surface area (Å²) in [5, 5.41) is 18.6. The lowest BCUT2D eigenvalue weighted by Gasteiger charge is -2.16. The van der Waals surface area contributed by atoms with Crippen molar-refractivity contribution in [3.8, 4) is 0 Å². The molecule has 1 unspecified atom stereocenters. The van der Waals surface area contributed by atoms with E-state index >= 15 is 0 Å². The second kappa shape index (κ2) is 3.93. The van der Waals surface area contributed by atoms with Gasteiger partial charge in [-0.3, -0.25) is 0 Å². The van der Waals surface area contributed by atoms with Crippen LogP contribution >= 0.6 is 0 Å². The summed E-state index contributed by atoms with van der Waals surface area (Å²) in [7, 11) is 0. The fourth-order valence-electron chi connectivity index (χ4n) is 1.84. The molecule has 0 amide bonds. The highest BCUT2D eigenvalue weighted by molar-refractivity contribution is 5.32. The Hall–Kier alpha value is -0.900. The van der Waals surface area contributed by atoms with Gasteiger partial charge in [0.05, 0.1) is 6.61 Å². The molecule has 15 heavy (non-hydrogen) atoms. The number of hydrogen-bond donors (Lipinski definition) is 3. The number of nitrogens with two attached hydrogens (primary N) is 1. The van der Waals surface area contributed by atoms with E-state index in [0.29, 0.717) is 0 Å². The van der Waals surface area contributed by atoms with Gasteiger partial charge in [0.1, 0.15) is 6.10 Å². The van der Waals surface area contributed by atoms with Gasteiger partial charge < -0.3 is 15.9 Å². The molecule has 4 N–H and O–H groups in total. The lowest BCUT2D eigenvalue weighted by Crippen LogP contribution is -2.25. The standard InChI is InChI=1S/C12H17NO2/c13-12(5-6-12)7-9-3-1-2-4-10(9)11(15)8-14/h1-4,11,14-15H,5-8,13H2. The van der Waals surface area contributed by atoms with Crippen LogP contribution in [0.5, 0.6) is 0 Å². The number of benzene rings is 1. The van der Waals surface area contributed by atoms with Crippen molar-refractivity contribution in [3.05, 3.63) is 35.4 Å². The van der Waals surface area contributed by atoms with Gasteiger partial charge in [0, 0.05) is 5.54 Å². The van der Waals surface area contributed by atoms with Crippen molar-refractivity contribution < 1.29 is 10.2 Å². The summed E-state index contributed by atoms with van der Waals surface area (Å²) in [5.74, 6) is 0. The van der Waals surface area contributed by atoms with E-state index in [1.54, 1.807) is 0 Å². The van der Waals surface area contributed by atoms with Crippen LogP contribution < -0.4 is 5.73 Å². The summed E-state index contributed by atoms with van der Waals surface area (Å²) in [6.07, 6.45) is 2.11. The Kier molecular flexibility index (Phi) is 2.78. The molecule has 1 saturated carbocycles. The Morgan fingerprint density at radius 2 is 2.00 bits per heavy atom. The molecule has 3 heteroatoms. The molecule has 0 bridgehead atoms. The van der Waals surface area contributed by atoms with Crippen molar-refractivity contribution in [2.45, 2.75) is 30.9 Å². The molecule has 1 aliphatic rings. The smallest absolute Gasteiger partial charge is 0.102 e. The summed E-state index contributed by atoms with van der Waals surface area (Å²) >= 11 is 0. The van der Waals surface area contributed by atoms with Crippen LogP contribution in [-0.2, 0) is 6.42 Å². The zero-order valence-electron chi connectivity index (χ0n) is 8.69. The summed E-state index contributed by atoms with van der Waals surface area (Å²) < 4.78 is 0. The number of hydrogen-bond acceptors (Lipinski definition) is 3. The monoisotopic (exact) mass is 207 g/mol. The fraction of sp³-hybridized carbons (Fsp3) is 0.500. The molecule has 82 valence electrons. The predicted molar refractivity (Wildman–Crippen MR) is 58.3 cm³/mol. The SMILES string of the molecule is NC1(Cc2ccccc2C(O)CO)CC1. The molecule has 0 spiro atoms. The zero-order chi connectivity index (χ0) is 10.9. The predicted octanol–water partition coefficient (Wildman–Crippen LogP) is 0.746. The Morgan fingerprint density at radius 1 is 1.33 bits per heavy atom. The molecule has 0 aliphatic heterocycles. The van der Waals surface area contributed by atoms with E-state index in [4.69, 9.17) is 10.8 Å². The molecule has 1 aromatic carbocycles. The van der Waals surface area contributed by atoms with Crippen LogP contribution in [0.15, 0.2) is 24.3 Å². The molecular weight excluding hydrogens is 190 g/mol. The van der Waals surface area contributed by atoms with Crippen molar-refractivity contribution in [1.29, 1.82) is 0 Å². The van der Waals surface area contributed by atoms with Gasteiger partial charge >= 0.3 is 0 Å². The molecule has 1 atom stereocenters. The van der Waals surface area contributed by atoms with E-state index in [1.165, 1.54) is 0 Å². The summed E-state index contributed by atoms with van der Waals surface area (Å²) in [5.41, 5.74) is 7.84. The highest BCUT2D eigenvalue weighted by atomic mass is 16.3. The van der Waals surface area contributed by atoms with Gasteiger partial charge in [0.2, 0.25) is 0 Å². The topological polar surface area (TPSA) is 66.5 Å². The van der Waals surface area contributed by atoms with Crippen LogP contribution in [0.4, 0.5) is 0 Å². The Morgan fingerprint density at radius 3 is 2.60 bits per heavy atom. The average Bonchev–Trinajstić information content (AvgIpc) is 2.96. The van der Waals surface area contributed by atoms with Crippen molar-refractivity contribution in [2.75, 3.05) is 6.61 Å². The van der Waals surface area contributed by atoms with Gasteiger partial charge in [0.25, 0.3) is 0 Å². The third-order valence-corrected chi connectivity index (χ3v) is 3.02. The quantitative estimate of drug-likeness (QED) is 0.682. The maximum atomic E-state index is 9.64. The molecule has 2 rings (SSSR count). The van der Waals surface area contributed by atoms with Crippen LogP contribution in [0.1, 0.15) is 30.1 Å². The number of aliphatic hydroxyl groups excluding tert-OH is 2. The van der Waals surface area contributed by atoms with Crippen LogP contribution in [-0.4, -0.2) is 22.4 Å². The van der Waals surface area contributed by atoms with Crippen LogP contribution in [0.25, 0.3) is 0 Å². The lowest BCUT2D eigenvalue weighted by atomic mass is 9.96. The van der Waals surface area contributed by atoms with Gasteiger partial charge in [-0.2, -0.15) is 0 Å². The highest BCUT2D eigenvalue weighted by Crippen LogP contribution is 2.37. The van der Waals surface area contributed by atoms with Crippen molar-refractivity contribution >= 4 is 0 Å². The van der Waals surface area contributed by atoms with Gasteiger partial charge in [-0.1, -0.05) is 24.3 Å². The lowest BCUT2D eigenvalue weighted by molar-refractivity contribution is 0.0948. The summed E-state index contributed by atoms with van der Waals surface area (Å²) in [6, 6.07) is 7.63. The molecular formula is C12H17NO2. The summed E-state index contributed by atoms with van der Waals surface area (Å²) in [4.78, 5) is 0. The van der Waals surface area contributed by atoms with Crippen LogP contribution in [0.3, 0.4) is 0 Å². The average molecular weight is 207 g/mol. The molecule has 0 saturated heterocycles. The normalized spacial score (nSPS) is 19.9. The second-order valence-electron chi connectivity index (χ2n) is 4.44. The molecule has 1 fully saturated rings. The molecule has 0 aromatic heterocycles. The van der Waals surface area contributed by atoms with E-state index in [0.717, 1.165) is 30.4 Å². The minimum absolute atomic E-state index is 0.0642. The largest absolute Gasteiger partial charge is 0.393 e. The van der Waals surface area contributed by atoms with Crippen molar-refractivity contribution in [2.24, 2.45) is 5.73 Å². The van der Waals surface area contributed by atoms with Crippen molar-refractivity contribution in [3.63, 3.8) is 0 Å². The third kappa shape index (κ3) is 2.37. The van der Waals surface area contributed by atoms with E-state index in [-0.39, 0.29) is 12.1 Å². The van der Waals surface area contributed by atoms with Gasteiger partial charge in [-0.05, 0) is 30.4 Å². The number of aliphatic hydroxyl groups is 2. The molecule has 1 aliphatic carbocycles. The molecule has 1 aromatic rings. The molecule has 0 radical (unpaired) electrons. The first-order chi connectivity index (χ1) is 7.14. The first-order valence-corrected chi connectivity index (χ1v) is 5.30. The fourth-order valence-corrected chi connectivity index (χ4v) is 1.84. The zero-order valence-corrected chi connectivity index (χ0v) is 8.69. The minimum Gasteiger partial charge on any atom is -0.393 e.